The van der Waals surface area contributed by atoms with Crippen molar-refractivity contribution in [2.45, 2.75) is 20.4 Å². The highest BCUT2D eigenvalue weighted by molar-refractivity contribution is 6.16. The van der Waals surface area contributed by atoms with Crippen LogP contribution in [0.3, 0.4) is 0 Å². The standard InChI is InChI=1S/C20H16N2O/c1-4-8-22-9-7-15-13(3)20-19(12(2)17(15)11-22)16-10-14(23)5-6-18(16)21-20/h1,5-7,9-11,23H,8H2,2-3H3/p+1. The normalized spacial score (nSPS) is 11.3. The summed E-state index contributed by atoms with van der Waals surface area (Å²) in [5.74, 6) is 2.96. The van der Waals surface area contributed by atoms with Crippen LogP contribution in [0.4, 0.5) is 0 Å². The van der Waals surface area contributed by atoms with Gasteiger partial charge >= 0.3 is 0 Å². The third kappa shape index (κ3) is 1.89. The molecule has 2 heterocycles. The van der Waals surface area contributed by atoms with Crippen molar-refractivity contribution < 1.29 is 9.67 Å². The molecule has 2 aromatic heterocycles. The second-order valence-corrected chi connectivity index (χ2v) is 6.00. The van der Waals surface area contributed by atoms with Gasteiger partial charge < -0.3 is 10.1 Å². The van der Waals surface area contributed by atoms with Crippen LogP contribution in [-0.4, -0.2) is 10.1 Å². The number of fused-ring (bicyclic) bond motifs is 4. The summed E-state index contributed by atoms with van der Waals surface area (Å²) in [7, 11) is 0. The Labute approximate surface area is 134 Å². The number of nitrogens with one attached hydrogen (secondary N) is 1. The summed E-state index contributed by atoms with van der Waals surface area (Å²) in [6.45, 7) is 4.81. The minimum absolute atomic E-state index is 0.283. The molecular formula is C20H17N2O+. The fourth-order valence-electron chi connectivity index (χ4n) is 3.49. The first-order valence-corrected chi connectivity index (χ1v) is 7.60. The van der Waals surface area contributed by atoms with E-state index in [0.717, 1.165) is 16.4 Å². The first-order valence-electron chi connectivity index (χ1n) is 7.60. The number of benzene rings is 2. The van der Waals surface area contributed by atoms with Gasteiger partial charge in [-0.3, -0.25) is 0 Å². The molecule has 2 N–H and O–H groups in total. The monoisotopic (exact) mass is 301 g/mol. The molecule has 2 aromatic carbocycles. The molecule has 4 aromatic rings. The number of hydrogen-bond donors (Lipinski definition) is 2. The lowest BCUT2D eigenvalue weighted by Crippen LogP contribution is -2.31. The second-order valence-electron chi connectivity index (χ2n) is 6.00. The van der Waals surface area contributed by atoms with Gasteiger partial charge in [-0.25, -0.2) is 0 Å². The van der Waals surface area contributed by atoms with Gasteiger partial charge in [0, 0.05) is 27.7 Å². The number of rotatable bonds is 1. The van der Waals surface area contributed by atoms with Gasteiger partial charge in [0.15, 0.2) is 12.4 Å². The number of aromatic hydroxyl groups is 1. The number of hydrogen-bond acceptors (Lipinski definition) is 1. The average molecular weight is 301 g/mol. The predicted molar refractivity (Wildman–Crippen MR) is 93.5 cm³/mol. The lowest BCUT2D eigenvalue weighted by atomic mass is 9.97. The van der Waals surface area contributed by atoms with Gasteiger partial charge in [0.2, 0.25) is 6.54 Å². The van der Waals surface area contributed by atoms with Crippen LogP contribution >= 0.6 is 0 Å². The summed E-state index contributed by atoms with van der Waals surface area (Å²) in [4.78, 5) is 3.50. The molecule has 0 radical (unpaired) electrons. The minimum atomic E-state index is 0.283. The molecule has 112 valence electrons. The zero-order valence-corrected chi connectivity index (χ0v) is 13.1. The molecule has 0 saturated heterocycles. The van der Waals surface area contributed by atoms with Gasteiger partial charge in [-0.1, -0.05) is 0 Å². The summed E-state index contributed by atoms with van der Waals surface area (Å²) in [5, 5.41) is 14.5. The van der Waals surface area contributed by atoms with E-state index < -0.39 is 0 Å². The largest absolute Gasteiger partial charge is 0.508 e. The summed E-state index contributed by atoms with van der Waals surface area (Å²) >= 11 is 0. The third-order valence-electron chi connectivity index (χ3n) is 4.63. The molecule has 0 aliphatic heterocycles. The summed E-state index contributed by atoms with van der Waals surface area (Å²) < 4.78 is 2.02. The van der Waals surface area contributed by atoms with Crippen LogP contribution in [0.25, 0.3) is 32.6 Å². The van der Waals surface area contributed by atoms with E-state index in [4.69, 9.17) is 6.42 Å². The predicted octanol–water partition coefficient (Wildman–Crippen LogP) is 3.72. The topological polar surface area (TPSA) is 39.9 Å². The zero-order chi connectivity index (χ0) is 16.1. The number of phenolic OH excluding ortho intramolecular Hbond substituents is 1. The van der Waals surface area contributed by atoms with Crippen molar-refractivity contribution in [1.82, 2.24) is 4.98 Å². The molecule has 3 nitrogen and oxygen atoms in total. The van der Waals surface area contributed by atoms with Crippen molar-refractivity contribution in [3.63, 3.8) is 0 Å². The van der Waals surface area contributed by atoms with E-state index in [-0.39, 0.29) is 5.75 Å². The Hall–Kier alpha value is -2.99. The summed E-state index contributed by atoms with van der Waals surface area (Å²) in [6.07, 6.45) is 9.57. The van der Waals surface area contributed by atoms with Gasteiger partial charge in [-0.2, -0.15) is 4.57 Å². The summed E-state index contributed by atoms with van der Waals surface area (Å²) in [6, 6.07) is 7.58. The molecule has 0 atom stereocenters. The Morgan fingerprint density at radius 3 is 2.74 bits per heavy atom. The number of H-pyrrole nitrogens is 1. The molecule has 0 bridgehead atoms. The Balaban J connectivity index is 2.22. The Morgan fingerprint density at radius 2 is 1.96 bits per heavy atom. The van der Waals surface area contributed by atoms with Crippen LogP contribution in [-0.2, 0) is 6.54 Å². The molecule has 0 fully saturated rings. The molecular weight excluding hydrogens is 284 g/mol. The van der Waals surface area contributed by atoms with Crippen LogP contribution in [0.1, 0.15) is 11.1 Å². The second kappa shape index (κ2) is 4.76. The van der Waals surface area contributed by atoms with E-state index in [1.54, 1.807) is 6.07 Å². The lowest BCUT2D eigenvalue weighted by molar-refractivity contribution is -0.683. The maximum Gasteiger partial charge on any atom is 0.208 e. The number of aromatic nitrogens is 2. The SMILES string of the molecule is C#CC[n+]1ccc2c(C)c3[nH]c4ccc(O)cc4c3c(C)c2c1. The Bertz CT molecular complexity index is 1130. The molecule has 23 heavy (non-hydrogen) atoms. The maximum absolute atomic E-state index is 9.86. The highest BCUT2D eigenvalue weighted by Gasteiger charge is 2.16. The van der Waals surface area contributed by atoms with Crippen molar-refractivity contribution in [1.29, 1.82) is 0 Å². The fraction of sp³-hybridized carbons (Fsp3) is 0.150. The van der Waals surface area contributed by atoms with Crippen molar-refractivity contribution in [2.24, 2.45) is 0 Å². The molecule has 0 spiro atoms. The van der Waals surface area contributed by atoms with E-state index in [0.29, 0.717) is 6.54 Å². The molecule has 0 aliphatic carbocycles. The number of phenols is 1. The number of nitrogens with zero attached hydrogens (tertiary/aromatic N) is 1. The number of aromatic amines is 1. The Kier molecular flexibility index (Phi) is 2.82. The zero-order valence-electron chi connectivity index (χ0n) is 13.1. The van der Waals surface area contributed by atoms with E-state index in [2.05, 4.69) is 37.0 Å². The van der Waals surface area contributed by atoms with Crippen LogP contribution in [0.15, 0.2) is 36.7 Å². The maximum atomic E-state index is 9.86. The van der Waals surface area contributed by atoms with E-state index >= 15 is 0 Å². The fourth-order valence-corrected chi connectivity index (χ4v) is 3.49. The summed E-state index contributed by atoms with van der Waals surface area (Å²) in [5.41, 5.74) is 4.58. The smallest absolute Gasteiger partial charge is 0.208 e. The minimum Gasteiger partial charge on any atom is -0.508 e. The van der Waals surface area contributed by atoms with Crippen LogP contribution < -0.4 is 4.57 Å². The lowest BCUT2D eigenvalue weighted by Gasteiger charge is -2.08. The van der Waals surface area contributed by atoms with E-state index in [1.165, 1.54) is 27.3 Å². The van der Waals surface area contributed by atoms with Gasteiger partial charge in [0.25, 0.3) is 0 Å². The van der Waals surface area contributed by atoms with Crippen molar-refractivity contribution in [3.05, 3.63) is 47.8 Å². The van der Waals surface area contributed by atoms with Crippen molar-refractivity contribution in [3.8, 4) is 18.1 Å². The number of aryl methyl sites for hydroxylation is 2. The van der Waals surface area contributed by atoms with Crippen molar-refractivity contribution in [2.75, 3.05) is 0 Å². The van der Waals surface area contributed by atoms with E-state index in [9.17, 15) is 5.11 Å². The first kappa shape index (κ1) is 13.7. The van der Waals surface area contributed by atoms with Gasteiger partial charge in [-0.05, 0) is 54.5 Å². The van der Waals surface area contributed by atoms with Gasteiger partial charge in [-0.15, -0.1) is 6.42 Å². The average Bonchev–Trinajstić information content (AvgIpc) is 2.92. The highest BCUT2D eigenvalue weighted by atomic mass is 16.3. The number of terminal acetylenes is 1. The molecule has 0 saturated carbocycles. The molecule has 0 aliphatic rings. The van der Waals surface area contributed by atoms with Crippen LogP contribution in [0.2, 0.25) is 0 Å². The van der Waals surface area contributed by atoms with Crippen molar-refractivity contribution >= 4 is 32.6 Å². The third-order valence-corrected chi connectivity index (χ3v) is 4.63. The van der Waals surface area contributed by atoms with Crippen LogP contribution in [0.5, 0.6) is 5.75 Å². The van der Waals surface area contributed by atoms with Gasteiger partial charge in [0.05, 0.1) is 5.52 Å². The Morgan fingerprint density at radius 1 is 1.13 bits per heavy atom. The molecule has 0 amide bonds. The van der Waals surface area contributed by atoms with E-state index in [1.807, 2.05) is 22.9 Å². The van der Waals surface area contributed by atoms with Gasteiger partial charge in [0.1, 0.15) is 5.75 Å². The molecule has 4 rings (SSSR count). The number of pyridine rings is 1. The quantitative estimate of drug-likeness (QED) is 0.408. The van der Waals surface area contributed by atoms with Crippen LogP contribution in [0, 0.1) is 26.2 Å². The molecule has 3 heteroatoms. The molecule has 0 unspecified atom stereocenters. The first-order chi connectivity index (χ1) is 11.1. The highest BCUT2D eigenvalue weighted by Crippen LogP contribution is 2.36.